The van der Waals surface area contributed by atoms with E-state index >= 15 is 0 Å². The van der Waals surface area contributed by atoms with Gasteiger partial charge < -0.3 is 10.6 Å². The summed E-state index contributed by atoms with van der Waals surface area (Å²) in [6, 6.07) is 4.48. The maximum atomic E-state index is 11.4. The molecule has 0 aliphatic rings. The first-order valence-electron chi connectivity index (χ1n) is 5.64. The summed E-state index contributed by atoms with van der Waals surface area (Å²) in [6.07, 6.45) is 0. The number of carbonyl (C=O) groups excluding carboxylic acids is 2. The van der Waals surface area contributed by atoms with E-state index in [1.807, 2.05) is 6.92 Å². The van der Waals surface area contributed by atoms with Crippen LogP contribution in [0.4, 0.5) is 4.79 Å². The van der Waals surface area contributed by atoms with E-state index < -0.39 is 11.9 Å². The molecule has 5 nitrogen and oxygen atoms in total. The van der Waals surface area contributed by atoms with Gasteiger partial charge in [-0.25, -0.2) is 4.79 Å². The van der Waals surface area contributed by atoms with Gasteiger partial charge in [-0.05, 0) is 24.6 Å². The average molecular weight is 304 g/mol. The van der Waals surface area contributed by atoms with Crippen molar-refractivity contribution in [1.29, 1.82) is 0 Å². The summed E-state index contributed by atoms with van der Waals surface area (Å²) in [5, 5.41) is 8.50. The van der Waals surface area contributed by atoms with Crippen LogP contribution in [0, 0.1) is 0 Å². The summed E-state index contributed by atoms with van der Waals surface area (Å²) < 4.78 is 0. The van der Waals surface area contributed by atoms with Crippen LogP contribution in [-0.4, -0.2) is 25.5 Å². The van der Waals surface area contributed by atoms with Crippen molar-refractivity contribution in [2.75, 3.05) is 13.6 Å². The van der Waals surface area contributed by atoms with Crippen molar-refractivity contribution in [3.8, 4) is 0 Å². The SMILES string of the molecule is CNC(=O)NC(=O)CNC(C)c1ccc(Cl)cc1Cl. The highest BCUT2D eigenvalue weighted by atomic mass is 35.5. The van der Waals surface area contributed by atoms with Crippen molar-refractivity contribution >= 4 is 35.1 Å². The Kier molecular flexibility index (Phi) is 6.08. The Morgan fingerprint density at radius 1 is 1.32 bits per heavy atom. The second-order valence-corrected chi connectivity index (χ2v) is 4.74. The van der Waals surface area contributed by atoms with E-state index in [9.17, 15) is 9.59 Å². The molecule has 1 atom stereocenters. The fraction of sp³-hybridized carbons (Fsp3) is 0.333. The normalized spacial score (nSPS) is 11.8. The van der Waals surface area contributed by atoms with Crippen LogP contribution in [0.15, 0.2) is 18.2 Å². The molecule has 0 bridgehead atoms. The highest BCUT2D eigenvalue weighted by Crippen LogP contribution is 2.25. The molecule has 0 aliphatic carbocycles. The molecule has 1 aromatic rings. The van der Waals surface area contributed by atoms with Gasteiger partial charge in [-0.15, -0.1) is 0 Å². The predicted molar refractivity (Wildman–Crippen MR) is 75.5 cm³/mol. The van der Waals surface area contributed by atoms with E-state index in [4.69, 9.17) is 23.2 Å². The van der Waals surface area contributed by atoms with Crippen molar-refractivity contribution in [2.24, 2.45) is 0 Å². The van der Waals surface area contributed by atoms with E-state index in [0.29, 0.717) is 10.0 Å². The first-order valence-corrected chi connectivity index (χ1v) is 6.39. The number of carbonyl (C=O) groups is 2. The summed E-state index contributed by atoms with van der Waals surface area (Å²) in [4.78, 5) is 22.3. The van der Waals surface area contributed by atoms with Crippen LogP contribution >= 0.6 is 23.2 Å². The number of nitrogens with one attached hydrogen (secondary N) is 3. The number of urea groups is 1. The minimum Gasteiger partial charge on any atom is -0.341 e. The fourth-order valence-electron chi connectivity index (χ4n) is 1.44. The predicted octanol–water partition coefficient (Wildman–Crippen LogP) is 2.10. The van der Waals surface area contributed by atoms with Crippen molar-refractivity contribution < 1.29 is 9.59 Å². The van der Waals surface area contributed by atoms with Gasteiger partial charge in [-0.2, -0.15) is 0 Å². The van der Waals surface area contributed by atoms with Gasteiger partial charge in [0.15, 0.2) is 0 Å². The molecule has 1 unspecified atom stereocenters. The third-order valence-corrected chi connectivity index (χ3v) is 3.04. The Morgan fingerprint density at radius 3 is 2.58 bits per heavy atom. The minimum absolute atomic E-state index is 0.00748. The van der Waals surface area contributed by atoms with E-state index in [0.717, 1.165) is 5.56 Å². The molecule has 7 heteroatoms. The van der Waals surface area contributed by atoms with Gasteiger partial charge in [0.25, 0.3) is 0 Å². The van der Waals surface area contributed by atoms with Crippen LogP contribution in [0.5, 0.6) is 0 Å². The fourth-order valence-corrected chi connectivity index (χ4v) is 2.01. The second kappa shape index (κ2) is 7.33. The number of halogens is 2. The van der Waals surface area contributed by atoms with Crippen LogP contribution in [-0.2, 0) is 4.79 Å². The summed E-state index contributed by atoms with van der Waals surface area (Å²) in [5.41, 5.74) is 0.832. The van der Waals surface area contributed by atoms with Gasteiger partial charge in [0, 0.05) is 23.1 Å². The van der Waals surface area contributed by atoms with Crippen molar-refractivity contribution in [3.05, 3.63) is 33.8 Å². The maximum absolute atomic E-state index is 11.4. The Bertz CT molecular complexity index is 480. The van der Waals surface area contributed by atoms with E-state index in [1.54, 1.807) is 18.2 Å². The Labute approximate surface area is 121 Å². The van der Waals surface area contributed by atoms with Crippen molar-refractivity contribution in [1.82, 2.24) is 16.0 Å². The molecule has 0 radical (unpaired) electrons. The van der Waals surface area contributed by atoms with Gasteiger partial charge in [0.05, 0.1) is 6.54 Å². The monoisotopic (exact) mass is 303 g/mol. The van der Waals surface area contributed by atoms with Gasteiger partial charge in [0.1, 0.15) is 0 Å². The van der Waals surface area contributed by atoms with Gasteiger partial charge in [0.2, 0.25) is 5.91 Å². The van der Waals surface area contributed by atoms with Gasteiger partial charge in [-0.3, -0.25) is 10.1 Å². The summed E-state index contributed by atoms with van der Waals surface area (Å²) in [6.45, 7) is 1.87. The molecule has 0 saturated heterocycles. The molecule has 0 aromatic heterocycles. The Morgan fingerprint density at radius 2 is 2.00 bits per heavy atom. The number of imide groups is 1. The topological polar surface area (TPSA) is 70.2 Å². The number of benzene rings is 1. The number of hydrogen-bond donors (Lipinski definition) is 3. The highest BCUT2D eigenvalue weighted by Gasteiger charge is 2.12. The van der Waals surface area contributed by atoms with Crippen LogP contribution in [0.3, 0.4) is 0 Å². The zero-order valence-corrected chi connectivity index (χ0v) is 12.1. The van der Waals surface area contributed by atoms with Gasteiger partial charge in [-0.1, -0.05) is 29.3 Å². The lowest BCUT2D eigenvalue weighted by Crippen LogP contribution is -2.42. The molecule has 1 aromatic carbocycles. The van der Waals surface area contributed by atoms with Crippen molar-refractivity contribution in [3.63, 3.8) is 0 Å². The molecular formula is C12H15Cl2N3O2. The molecule has 3 N–H and O–H groups in total. The highest BCUT2D eigenvalue weighted by molar-refractivity contribution is 6.35. The Balaban J connectivity index is 2.53. The number of rotatable bonds is 4. The molecule has 0 saturated carbocycles. The van der Waals surface area contributed by atoms with E-state index in [1.165, 1.54) is 7.05 Å². The third-order valence-electron chi connectivity index (χ3n) is 2.48. The van der Waals surface area contributed by atoms with Crippen LogP contribution in [0.1, 0.15) is 18.5 Å². The molecule has 0 heterocycles. The number of amides is 3. The first-order chi connectivity index (χ1) is 8.93. The second-order valence-electron chi connectivity index (χ2n) is 3.90. The standard InChI is InChI=1S/C12H15Cl2N3O2/c1-7(9-4-3-8(13)5-10(9)14)16-6-11(18)17-12(19)15-2/h3-5,7,16H,6H2,1-2H3,(H2,15,17,18,19). The summed E-state index contributed by atoms with van der Waals surface area (Å²) in [7, 11) is 1.44. The Hall–Kier alpha value is -1.30. The molecule has 1 rings (SSSR count). The van der Waals surface area contributed by atoms with Crippen molar-refractivity contribution in [2.45, 2.75) is 13.0 Å². The van der Waals surface area contributed by atoms with Gasteiger partial charge >= 0.3 is 6.03 Å². The lowest BCUT2D eigenvalue weighted by molar-refractivity contribution is -0.119. The molecule has 0 spiro atoms. The molecule has 0 aliphatic heterocycles. The zero-order chi connectivity index (χ0) is 14.4. The third kappa shape index (κ3) is 5.06. The first kappa shape index (κ1) is 15.8. The largest absolute Gasteiger partial charge is 0.341 e. The van der Waals surface area contributed by atoms with E-state index in [-0.39, 0.29) is 12.6 Å². The number of hydrogen-bond acceptors (Lipinski definition) is 3. The summed E-state index contributed by atoms with van der Waals surface area (Å²) in [5.74, 6) is -0.420. The quantitative estimate of drug-likeness (QED) is 0.798. The minimum atomic E-state index is -0.538. The zero-order valence-electron chi connectivity index (χ0n) is 10.6. The molecule has 104 valence electrons. The molecule has 3 amide bonds. The molecular weight excluding hydrogens is 289 g/mol. The average Bonchev–Trinajstić information content (AvgIpc) is 2.35. The maximum Gasteiger partial charge on any atom is 0.321 e. The van der Waals surface area contributed by atoms with Crippen LogP contribution in [0.25, 0.3) is 0 Å². The smallest absolute Gasteiger partial charge is 0.321 e. The molecule has 19 heavy (non-hydrogen) atoms. The van der Waals surface area contributed by atoms with E-state index in [2.05, 4.69) is 16.0 Å². The lowest BCUT2D eigenvalue weighted by atomic mass is 10.1. The summed E-state index contributed by atoms with van der Waals surface area (Å²) >= 11 is 11.9. The van der Waals surface area contributed by atoms with Crippen LogP contribution < -0.4 is 16.0 Å². The van der Waals surface area contributed by atoms with Crippen LogP contribution in [0.2, 0.25) is 10.0 Å². The molecule has 0 fully saturated rings. The lowest BCUT2D eigenvalue weighted by Gasteiger charge is -2.15.